The first-order valence-electron chi connectivity index (χ1n) is 8.22. The molecule has 0 spiro atoms. The summed E-state index contributed by atoms with van der Waals surface area (Å²) >= 11 is 6.19. The van der Waals surface area contributed by atoms with E-state index in [2.05, 4.69) is 10.6 Å². The van der Waals surface area contributed by atoms with Gasteiger partial charge in [0.2, 0.25) is 11.8 Å². The molecular formula is C19H19ClN2O4. The van der Waals surface area contributed by atoms with E-state index in [0.717, 1.165) is 16.8 Å². The van der Waals surface area contributed by atoms with Crippen molar-refractivity contribution in [3.05, 3.63) is 52.5 Å². The molecule has 1 heterocycles. The fraction of sp³-hybridized carbons (Fsp3) is 0.263. The summed E-state index contributed by atoms with van der Waals surface area (Å²) in [5.74, 6) is 0.856. The van der Waals surface area contributed by atoms with E-state index in [4.69, 9.17) is 21.1 Å². The summed E-state index contributed by atoms with van der Waals surface area (Å²) < 4.78 is 11.0. The summed E-state index contributed by atoms with van der Waals surface area (Å²) in [7, 11) is 0. The summed E-state index contributed by atoms with van der Waals surface area (Å²) in [5.41, 5.74) is 2.42. The maximum Gasteiger partial charge on any atom is 0.224 e. The van der Waals surface area contributed by atoms with Gasteiger partial charge in [0.05, 0.1) is 11.4 Å². The Morgan fingerprint density at radius 3 is 2.54 bits per heavy atom. The predicted molar refractivity (Wildman–Crippen MR) is 98.7 cm³/mol. The summed E-state index contributed by atoms with van der Waals surface area (Å²) in [6.45, 7) is 2.79. The summed E-state index contributed by atoms with van der Waals surface area (Å²) in [6, 6.07) is 10.8. The molecule has 0 fully saturated rings. The van der Waals surface area contributed by atoms with Gasteiger partial charge in [0.1, 0.15) is 13.2 Å². The first kappa shape index (κ1) is 18.1. The molecule has 0 unspecified atom stereocenters. The number of nitrogens with one attached hydrogen (secondary N) is 2. The van der Waals surface area contributed by atoms with Gasteiger partial charge < -0.3 is 20.1 Å². The van der Waals surface area contributed by atoms with Crippen LogP contribution in [0, 0.1) is 0 Å². The molecule has 3 rings (SSSR count). The van der Waals surface area contributed by atoms with Crippen molar-refractivity contribution < 1.29 is 19.1 Å². The van der Waals surface area contributed by atoms with Gasteiger partial charge in [-0.1, -0.05) is 23.7 Å². The van der Waals surface area contributed by atoms with Crippen LogP contribution >= 0.6 is 11.6 Å². The first-order chi connectivity index (χ1) is 12.5. The smallest absolute Gasteiger partial charge is 0.224 e. The van der Waals surface area contributed by atoms with Crippen molar-refractivity contribution in [2.45, 2.75) is 19.9 Å². The Kier molecular flexibility index (Phi) is 5.63. The maximum atomic E-state index is 12.2. The molecule has 0 bridgehead atoms. The van der Waals surface area contributed by atoms with Gasteiger partial charge in [0.25, 0.3) is 0 Å². The minimum Gasteiger partial charge on any atom is -0.486 e. The number of carbonyl (C=O) groups is 2. The number of carbonyl (C=O) groups excluding carboxylic acids is 2. The fourth-order valence-electron chi connectivity index (χ4n) is 2.62. The van der Waals surface area contributed by atoms with Gasteiger partial charge in [-0.05, 0) is 35.4 Å². The number of hydrogen-bond acceptors (Lipinski definition) is 4. The van der Waals surface area contributed by atoms with Gasteiger partial charge in [0.15, 0.2) is 11.5 Å². The van der Waals surface area contributed by atoms with E-state index in [-0.39, 0.29) is 18.2 Å². The lowest BCUT2D eigenvalue weighted by molar-refractivity contribution is -0.120. The third-order valence-electron chi connectivity index (χ3n) is 3.79. The van der Waals surface area contributed by atoms with Gasteiger partial charge in [-0.2, -0.15) is 0 Å². The molecule has 0 aromatic heterocycles. The minimum atomic E-state index is -0.122. The zero-order chi connectivity index (χ0) is 18.5. The van der Waals surface area contributed by atoms with Crippen LogP contribution in [0.5, 0.6) is 11.5 Å². The SMILES string of the molecule is CC(=O)Nc1ccc(CNC(=O)Cc2cc(Cl)c3c(c2)OCCO3)cc1. The minimum absolute atomic E-state index is 0.121. The second kappa shape index (κ2) is 8.10. The van der Waals surface area contributed by atoms with Crippen molar-refractivity contribution in [1.82, 2.24) is 5.32 Å². The highest BCUT2D eigenvalue weighted by Crippen LogP contribution is 2.38. The van der Waals surface area contributed by atoms with Gasteiger partial charge in [0, 0.05) is 19.2 Å². The zero-order valence-corrected chi connectivity index (χ0v) is 15.1. The van der Waals surface area contributed by atoms with E-state index in [1.54, 1.807) is 24.3 Å². The molecular weight excluding hydrogens is 356 g/mol. The Hall–Kier alpha value is -2.73. The molecule has 7 heteroatoms. The molecule has 0 atom stereocenters. The Labute approximate surface area is 156 Å². The van der Waals surface area contributed by atoms with Crippen LogP contribution in [0.3, 0.4) is 0 Å². The van der Waals surface area contributed by atoms with Crippen molar-refractivity contribution in [3.8, 4) is 11.5 Å². The van der Waals surface area contributed by atoms with E-state index in [0.29, 0.717) is 36.3 Å². The molecule has 6 nitrogen and oxygen atoms in total. The predicted octanol–water partition coefficient (Wildman–Crippen LogP) is 2.93. The molecule has 26 heavy (non-hydrogen) atoms. The Balaban J connectivity index is 1.56. The van der Waals surface area contributed by atoms with Crippen LogP contribution in [0.2, 0.25) is 5.02 Å². The van der Waals surface area contributed by atoms with Crippen LogP contribution in [-0.4, -0.2) is 25.0 Å². The Morgan fingerprint density at radius 1 is 1.08 bits per heavy atom. The molecule has 2 amide bonds. The van der Waals surface area contributed by atoms with Gasteiger partial charge >= 0.3 is 0 Å². The van der Waals surface area contributed by atoms with Crippen LogP contribution in [0.25, 0.3) is 0 Å². The number of halogens is 1. The fourth-order valence-corrected chi connectivity index (χ4v) is 2.91. The number of benzene rings is 2. The van der Waals surface area contributed by atoms with Gasteiger partial charge in [-0.25, -0.2) is 0 Å². The molecule has 0 aliphatic carbocycles. The van der Waals surface area contributed by atoms with E-state index >= 15 is 0 Å². The Bertz CT molecular complexity index is 821. The molecule has 0 saturated heterocycles. The lowest BCUT2D eigenvalue weighted by atomic mass is 10.1. The summed E-state index contributed by atoms with van der Waals surface area (Å²) in [5, 5.41) is 6.01. The van der Waals surface area contributed by atoms with Gasteiger partial charge in [-0.3, -0.25) is 9.59 Å². The van der Waals surface area contributed by atoms with Crippen LogP contribution in [0.15, 0.2) is 36.4 Å². The number of amides is 2. The number of ether oxygens (including phenoxy) is 2. The average Bonchev–Trinajstić information content (AvgIpc) is 2.61. The zero-order valence-electron chi connectivity index (χ0n) is 14.3. The standard InChI is InChI=1S/C19H19ClN2O4/c1-12(23)22-15-4-2-13(3-5-15)11-21-18(24)10-14-8-16(20)19-17(9-14)25-6-7-26-19/h2-5,8-9H,6-7,10-11H2,1H3,(H,21,24)(H,22,23). The molecule has 0 radical (unpaired) electrons. The third-order valence-corrected chi connectivity index (χ3v) is 4.07. The average molecular weight is 375 g/mol. The quantitative estimate of drug-likeness (QED) is 0.843. The normalized spacial score (nSPS) is 12.4. The lowest BCUT2D eigenvalue weighted by Gasteiger charge is -2.20. The summed E-state index contributed by atoms with van der Waals surface area (Å²) in [6.07, 6.45) is 0.195. The van der Waals surface area contributed by atoms with E-state index in [9.17, 15) is 9.59 Å². The van der Waals surface area contributed by atoms with Crippen LogP contribution in [-0.2, 0) is 22.6 Å². The maximum absolute atomic E-state index is 12.2. The third kappa shape index (κ3) is 4.67. The van der Waals surface area contributed by atoms with Crippen LogP contribution < -0.4 is 20.1 Å². The summed E-state index contributed by atoms with van der Waals surface area (Å²) in [4.78, 5) is 23.2. The highest BCUT2D eigenvalue weighted by atomic mass is 35.5. The number of hydrogen-bond donors (Lipinski definition) is 2. The topological polar surface area (TPSA) is 76.7 Å². The highest BCUT2D eigenvalue weighted by molar-refractivity contribution is 6.32. The molecule has 2 N–H and O–H groups in total. The number of anilines is 1. The molecule has 2 aromatic rings. The van der Waals surface area contributed by atoms with Crippen molar-refractivity contribution in [3.63, 3.8) is 0 Å². The van der Waals surface area contributed by atoms with E-state index < -0.39 is 0 Å². The largest absolute Gasteiger partial charge is 0.486 e. The molecule has 2 aromatic carbocycles. The van der Waals surface area contributed by atoms with Crippen molar-refractivity contribution >= 4 is 29.1 Å². The second-order valence-corrected chi connectivity index (χ2v) is 6.34. The molecule has 1 aliphatic heterocycles. The monoisotopic (exact) mass is 374 g/mol. The lowest BCUT2D eigenvalue weighted by Crippen LogP contribution is -2.24. The second-order valence-electron chi connectivity index (χ2n) is 5.93. The van der Waals surface area contributed by atoms with Crippen LogP contribution in [0.4, 0.5) is 5.69 Å². The van der Waals surface area contributed by atoms with Crippen molar-refractivity contribution in [2.24, 2.45) is 0 Å². The Morgan fingerprint density at radius 2 is 1.81 bits per heavy atom. The van der Waals surface area contributed by atoms with Crippen LogP contribution in [0.1, 0.15) is 18.1 Å². The highest BCUT2D eigenvalue weighted by Gasteiger charge is 2.17. The van der Waals surface area contributed by atoms with E-state index in [1.807, 2.05) is 12.1 Å². The molecule has 136 valence electrons. The molecule has 0 saturated carbocycles. The first-order valence-corrected chi connectivity index (χ1v) is 8.60. The van der Waals surface area contributed by atoms with Gasteiger partial charge in [-0.15, -0.1) is 0 Å². The van der Waals surface area contributed by atoms with E-state index in [1.165, 1.54) is 6.92 Å². The number of fused-ring (bicyclic) bond motifs is 1. The molecule has 1 aliphatic rings. The van der Waals surface area contributed by atoms with Crippen molar-refractivity contribution in [2.75, 3.05) is 18.5 Å². The van der Waals surface area contributed by atoms with Crippen molar-refractivity contribution in [1.29, 1.82) is 0 Å². The number of rotatable bonds is 5.